The number of aliphatic hydroxyl groups is 1. The van der Waals surface area contributed by atoms with Crippen LogP contribution in [0, 0.1) is 0 Å². The molecule has 1 unspecified atom stereocenters. The quantitative estimate of drug-likeness (QED) is 0.393. The summed E-state index contributed by atoms with van der Waals surface area (Å²) in [5.74, 6) is -1.00. The van der Waals surface area contributed by atoms with Crippen LogP contribution in [-0.2, 0) is 20.7 Å². The van der Waals surface area contributed by atoms with Crippen molar-refractivity contribution in [2.75, 3.05) is 20.3 Å². The second kappa shape index (κ2) is 9.79. The molecule has 164 valence electrons. The summed E-state index contributed by atoms with van der Waals surface area (Å²) in [6, 6.07) is 13.9. The van der Waals surface area contributed by atoms with Gasteiger partial charge in [0.2, 0.25) is 0 Å². The van der Waals surface area contributed by atoms with Gasteiger partial charge in [0.25, 0.3) is 11.7 Å². The molecular weight excluding hydrogens is 394 g/mol. The third-order valence-corrected chi connectivity index (χ3v) is 5.37. The maximum Gasteiger partial charge on any atom is 0.295 e. The lowest BCUT2D eigenvalue weighted by Crippen LogP contribution is -2.33. The Labute approximate surface area is 183 Å². The lowest BCUT2D eigenvalue weighted by atomic mass is 9.94. The van der Waals surface area contributed by atoms with Crippen LogP contribution in [0.15, 0.2) is 54.1 Å². The van der Waals surface area contributed by atoms with Crippen LogP contribution in [0.3, 0.4) is 0 Å². The van der Waals surface area contributed by atoms with Crippen molar-refractivity contribution in [1.29, 1.82) is 0 Å². The molecule has 1 N–H and O–H groups in total. The summed E-state index contributed by atoms with van der Waals surface area (Å²) in [5, 5.41) is 11.1. The van der Waals surface area contributed by atoms with Gasteiger partial charge in [-0.05, 0) is 43.5 Å². The van der Waals surface area contributed by atoms with Crippen molar-refractivity contribution in [2.45, 2.75) is 39.3 Å². The second-order valence-electron chi connectivity index (χ2n) is 7.74. The largest absolute Gasteiger partial charge is 0.507 e. The summed E-state index contributed by atoms with van der Waals surface area (Å²) in [5.41, 5.74) is 2.42. The molecule has 2 aromatic carbocycles. The molecule has 1 heterocycles. The van der Waals surface area contributed by atoms with E-state index in [1.807, 2.05) is 38.1 Å². The number of amides is 1. The van der Waals surface area contributed by atoms with Crippen molar-refractivity contribution in [2.24, 2.45) is 0 Å². The van der Waals surface area contributed by atoms with Crippen molar-refractivity contribution in [3.63, 3.8) is 0 Å². The monoisotopic (exact) mass is 423 g/mol. The number of rotatable bonds is 8. The maximum atomic E-state index is 13.0. The highest BCUT2D eigenvalue weighted by Gasteiger charge is 2.45. The number of methoxy groups -OCH3 is 1. The molecule has 1 fully saturated rings. The first kappa shape index (κ1) is 22.6. The third kappa shape index (κ3) is 4.80. The first-order valence-corrected chi connectivity index (χ1v) is 10.5. The number of aryl methyl sites for hydroxylation is 1. The zero-order chi connectivity index (χ0) is 22.5. The number of Topliss-reactive ketones (excluding diaryl/α,β-unsaturated/α-hetero) is 1. The summed E-state index contributed by atoms with van der Waals surface area (Å²) in [6.45, 7) is 6.44. The van der Waals surface area contributed by atoms with Crippen molar-refractivity contribution >= 4 is 17.4 Å². The van der Waals surface area contributed by atoms with Crippen LogP contribution >= 0.6 is 0 Å². The highest BCUT2D eigenvalue weighted by Crippen LogP contribution is 2.39. The smallest absolute Gasteiger partial charge is 0.295 e. The number of aliphatic hydroxyl groups excluding tert-OH is 1. The lowest BCUT2D eigenvalue weighted by Gasteiger charge is -2.26. The van der Waals surface area contributed by atoms with Gasteiger partial charge in [0.1, 0.15) is 11.5 Å². The van der Waals surface area contributed by atoms with Crippen molar-refractivity contribution in [1.82, 2.24) is 4.90 Å². The molecule has 2 aromatic rings. The summed E-state index contributed by atoms with van der Waals surface area (Å²) in [4.78, 5) is 27.4. The Kier molecular flexibility index (Phi) is 7.13. The predicted molar refractivity (Wildman–Crippen MR) is 119 cm³/mol. The number of benzene rings is 2. The lowest BCUT2D eigenvalue weighted by molar-refractivity contribution is -0.140. The van der Waals surface area contributed by atoms with E-state index in [-0.39, 0.29) is 24.0 Å². The van der Waals surface area contributed by atoms with E-state index in [4.69, 9.17) is 9.47 Å². The van der Waals surface area contributed by atoms with Gasteiger partial charge in [0, 0.05) is 12.1 Å². The number of carbonyl (C=O) groups excluding carboxylic acids is 2. The van der Waals surface area contributed by atoms with E-state index in [1.54, 1.807) is 24.3 Å². The Balaban J connectivity index is 2.09. The summed E-state index contributed by atoms with van der Waals surface area (Å²) >= 11 is 0. The van der Waals surface area contributed by atoms with E-state index >= 15 is 0 Å². The predicted octanol–water partition coefficient (Wildman–Crippen LogP) is 4.10. The van der Waals surface area contributed by atoms with Gasteiger partial charge in [0.15, 0.2) is 0 Å². The third-order valence-electron chi connectivity index (χ3n) is 5.37. The molecular formula is C25H29NO5. The summed E-state index contributed by atoms with van der Waals surface area (Å²) in [6.07, 6.45) is 0.892. The molecule has 0 bridgehead atoms. The molecule has 0 aliphatic carbocycles. The highest BCUT2D eigenvalue weighted by molar-refractivity contribution is 6.46. The zero-order valence-corrected chi connectivity index (χ0v) is 18.4. The number of carbonyl (C=O) groups is 2. The number of hydrogen-bond donors (Lipinski definition) is 1. The molecule has 6 nitrogen and oxygen atoms in total. The van der Waals surface area contributed by atoms with Gasteiger partial charge in [-0.25, -0.2) is 0 Å². The topological polar surface area (TPSA) is 76.1 Å². The fourth-order valence-corrected chi connectivity index (χ4v) is 3.71. The van der Waals surface area contributed by atoms with Gasteiger partial charge in [-0.1, -0.05) is 43.3 Å². The van der Waals surface area contributed by atoms with Crippen LogP contribution in [0.2, 0.25) is 0 Å². The second-order valence-corrected chi connectivity index (χ2v) is 7.74. The normalized spacial score (nSPS) is 18.1. The molecule has 0 spiro atoms. The van der Waals surface area contributed by atoms with Gasteiger partial charge >= 0.3 is 0 Å². The molecule has 1 saturated heterocycles. The Morgan fingerprint density at radius 1 is 1.13 bits per heavy atom. The summed E-state index contributed by atoms with van der Waals surface area (Å²) in [7, 11) is 1.53. The molecule has 6 heteroatoms. The van der Waals surface area contributed by atoms with Crippen LogP contribution in [0.25, 0.3) is 5.76 Å². The number of ketones is 1. The molecule has 3 rings (SSSR count). The molecule has 0 saturated carbocycles. The molecule has 1 aliphatic rings. The van der Waals surface area contributed by atoms with Gasteiger partial charge < -0.3 is 19.5 Å². The average Bonchev–Trinajstić information content (AvgIpc) is 3.03. The first-order chi connectivity index (χ1) is 14.9. The first-order valence-electron chi connectivity index (χ1n) is 10.5. The Hall–Kier alpha value is -3.12. The van der Waals surface area contributed by atoms with Gasteiger partial charge in [-0.15, -0.1) is 0 Å². The van der Waals surface area contributed by atoms with Crippen LogP contribution in [0.1, 0.15) is 43.5 Å². The Bertz CT molecular complexity index is 978. The fourth-order valence-electron chi connectivity index (χ4n) is 3.71. The van der Waals surface area contributed by atoms with Gasteiger partial charge in [0.05, 0.1) is 31.4 Å². The molecule has 1 amide bonds. The molecule has 0 aromatic heterocycles. The van der Waals surface area contributed by atoms with E-state index in [0.717, 1.165) is 17.5 Å². The summed E-state index contributed by atoms with van der Waals surface area (Å²) < 4.78 is 10.9. The molecule has 0 radical (unpaired) electrons. The minimum Gasteiger partial charge on any atom is -0.507 e. The van der Waals surface area contributed by atoms with Gasteiger partial charge in [-0.2, -0.15) is 0 Å². The average molecular weight is 424 g/mol. The molecule has 1 aliphatic heterocycles. The van der Waals surface area contributed by atoms with E-state index in [0.29, 0.717) is 17.9 Å². The van der Waals surface area contributed by atoms with Crippen molar-refractivity contribution in [3.05, 3.63) is 70.8 Å². The number of nitrogens with zero attached hydrogens (tertiary/aromatic N) is 1. The van der Waals surface area contributed by atoms with E-state index < -0.39 is 17.7 Å². The van der Waals surface area contributed by atoms with Crippen LogP contribution in [0.5, 0.6) is 5.75 Å². The van der Waals surface area contributed by atoms with Crippen molar-refractivity contribution in [3.8, 4) is 5.75 Å². The van der Waals surface area contributed by atoms with E-state index in [9.17, 15) is 14.7 Å². The van der Waals surface area contributed by atoms with Crippen molar-refractivity contribution < 1.29 is 24.2 Å². The minimum absolute atomic E-state index is 0.0101. The number of likely N-dealkylation sites (tertiary alicyclic amines) is 1. The van der Waals surface area contributed by atoms with E-state index in [1.165, 1.54) is 12.0 Å². The van der Waals surface area contributed by atoms with Gasteiger partial charge in [-0.3, -0.25) is 9.59 Å². The number of hydrogen-bond acceptors (Lipinski definition) is 5. The highest BCUT2D eigenvalue weighted by atomic mass is 16.5. The van der Waals surface area contributed by atoms with Crippen LogP contribution in [-0.4, -0.2) is 48.1 Å². The standard InChI is InChI=1S/C25H29NO5/c1-5-17-9-11-18(12-10-17)22-21(23(27)19-7-6-8-20(15-19)30-4)24(28)25(29)26(22)13-14-31-16(2)3/h6-12,15-16,22,27H,5,13-14H2,1-4H3/b23-21-. The van der Waals surface area contributed by atoms with Crippen LogP contribution < -0.4 is 4.74 Å². The van der Waals surface area contributed by atoms with Crippen LogP contribution in [0.4, 0.5) is 0 Å². The minimum atomic E-state index is -0.700. The molecule has 31 heavy (non-hydrogen) atoms. The Morgan fingerprint density at radius 3 is 2.45 bits per heavy atom. The maximum absolute atomic E-state index is 13.0. The fraction of sp³-hybridized carbons (Fsp3) is 0.360. The van der Waals surface area contributed by atoms with E-state index in [2.05, 4.69) is 6.92 Å². The molecule has 1 atom stereocenters. The number of ether oxygens (including phenoxy) is 2. The SMILES string of the molecule is CCc1ccc(C2/C(=C(/O)c3cccc(OC)c3)C(=O)C(=O)N2CCOC(C)C)cc1. The zero-order valence-electron chi connectivity index (χ0n) is 18.4. The Morgan fingerprint density at radius 2 is 1.84 bits per heavy atom.